The molecule has 1 aliphatic rings. The summed E-state index contributed by atoms with van der Waals surface area (Å²) >= 11 is 0. The minimum atomic E-state index is -3.58. The zero-order chi connectivity index (χ0) is 19.4. The summed E-state index contributed by atoms with van der Waals surface area (Å²) in [6.45, 7) is 2.52. The van der Waals surface area contributed by atoms with Crippen LogP contribution in [0.4, 0.5) is 5.69 Å². The first-order valence-electron chi connectivity index (χ1n) is 8.73. The molecule has 0 unspecified atom stereocenters. The molecule has 7 nitrogen and oxygen atoms in total. The molecule has 8 heteroatoms. The minimum absolute atomic E-state index is 0.273. The number of nitrogens with one attached hydrogen (secondary N) is 2. The molecule has 2 aromatic rings. The Hall–Kier alpha value is -2.71. The van der Waals surface area contributed by atoms with E-state index in [-0.39, 0.29) is 18.4 Å². The highest BCUT2D eigenvalue weighted by atomic mass is 32.2. The van der Waals surface area contributed by atoms with E-state index in [2.05, 4.69) is 9.44 Å². The Labute approximate surface area is 158 Å². The molecule has 2 N–H and O–H groups in total. The Bertz CT molecular complexity index is 920. The van der Waals surface area contributed by atoms with Crippen molar-refractivity contribution in [3.8, 4) is 0 Å². The number of rotatable bonds is 8. The first kappa shape index (κ1) is 19.1. The fourth-order valence-electron chi connectivity index (χ4n) is 2.85. The van der Waals surface area contributed by atoms with Crippen LogP contribution in [-0.4, -0.2) is 38.2 Å². The van der Waals surface area contributed by atoms with E-state index in [1.807, 2.05) is 6.92 Å². The Morgan fingerprint density at radius 3 is 2.07 bits per heavy atom. The molecule has 0 radical (unpaired) electrons. The molecule has 142 valence electrons. The van der Waals surface area contributed by atoms with Crippen LogP contribution in [0.25, 0.3) is 0 Å². The Balaban J connectivity index is 1.60. The molecule has 0 atom stereocenters. The van der Waals surface area contributed by atoms with Crippen LogP contribution in [0.2, 0.25) is 0 Å². The van der Waals surface area contributed by atoms with Gasteiger partial charge < -0.3 is 0 Å². The fraction of sp³-hybridized carbons (Fsp3) is 0.263. The van der Waals surface area contributed by atoms with E-state index in [1.165, 1.54) is 4.90 Å². The maximum absolute atomic E-state index is 12.3. The number of benzene rings is 2. The molecule has 3 rings (SSSR count). The third-order valence-corrected chi connectivity index (χ3v) is 5.34. The number of hydrogen-bond acceptors (Lipinski definition) is 4. The van der Waals surface area contributed by atoms with Gasteiger partial charge >= 0.3 is 0 Å². The summed E-state index contributed by atoms with van der Waals surface area (Å²) in [4.78, 5) is 25.9. The lowest BCUT2D eigenvalue weighted by Crippen LogP contribution is -2.31. The molecule has 0 spiro atoms. The summed E-state index contributed by atoms with van der Waals surface area (Å²) in [5, 5.41) is 0. The van der Waals surface area contributed by atoms with E-state index in [1.54, 1.807) is 48.5 Å². The van der Waals surface area contributed by atoms with Crippen molar-refractivity contribution in [2.75, 3.05) is 17.8 Å². The van der Waals surface area contributed by atoms with Gasteiger partial charge in [-0.3, -0.25) is 19.2 Å². The molecule has 1 heterocycles. The highest BCUT2D eigenvalue weighted by molar-refractivity contribution is 7.90. The minimum Gasteiger partial charge on any atom is -0.274 e. The number of nitrogens with zero attached hydrogens (tertiary/aromatic N) is 1. The van der Waals surface area contributed by atoms with Crippen LogP contribution in [0.1, 0.15) is 39.6 Å². The highest BCUT2D eigenvalue weighted by Gasteiger charge is 2.34. The van der Waals surface area contributed by atoms with Gasteiger partial charge in [-0.05, 0) is 42.7 Å². The number of fused-ring (bicyclic) bond motifs is 1. The van der Waals surface area contributed by atoms with Gasteiger partial charge in [0.15, 0.2) is 0 Å². The van der Waals surface area contributed by atoms with Gasteiger partial charge in [-0.1, -0.05) is 31.2 Å². The molecule has 0 saturated carbocycles. The van der Waals surface area contributed by atoms with E-state index in [0.717, 1.165) is 5.56 Å². The van der Waals surface area contributed by atoms with Crippen molar-refractivity contribution in [2.45, 2.75) is 19.8 Å². The summed E-state index contributed by atoms with van der Waals surface area (Å²) < 4.78 is 28.5. The first-order chi connectivity index (χ1) is 12.9. The molecule has 2 amide bonds. The van der Waals surface area contributed by atoms with Crippen LogP contribution < -0.4 is 9.44 Å². The predicted molar refractivity (Wildman–Crippen MR) is 103 cm³/mol. The topological polar surface area (TPSA) is 95.6 Å². The van der Waals surface area contributed by atoms with Crippen molar-refractivity contribution >= 4 is 27.7 Å². The zero-order valence-corrected chi connectivity index (χ0v) is 15.8. The summed E-state index contributed by atoms with van der Waals surface area (Å²) in [5.41, 5.74) is 2.22. The number of anilines is 1. The molecule has 0 aromatic heterocycles. The standard InChI is InChI=1S/C19H21N3O4S/c1-2-12-20-27(25,26)21-15-9-7-14(8-10-15)11-13-22-18(23)16-5-3-4-6-17(16)19(22)24/h3-10,20-21H,2,11-13H2,1H3. The average Bonchev–Trinajstić information content (AvgIpc) is 2.90. The van der Waals surface area contributed by atoms with Crippen LogP contribution in [0.15, 0.2) is 48.5 Å². The second-order valence-corrected chi connectivity index (χ2v) is 7.75. The van der Waals surface area contributed by atoms with Gasteiger partial charge in [-0.15, -0.1) is 0 Å². The van der Waals surface area contributed by atoms with Crippen LogP contribution >= 0.6 is 0 Å². The smallest absolute Gasteiger partial charge is 0.274 e. The molecular weight excluding hydrogens is 366 g/mol. The van der Waals surface area contributed by atoms with E-state index >= 15 is 0 Å². The van der Waals surface area contributed by atoms with Gasteiger partial charge in [0.1, 0.15) is 0 Å². The predicted octanol–water partition coefficient (Wildman–Crippen LogP) is 2.18. The number of carbonyl (C=O) groups is 2. The molecule has 27 heavy (non-hydrogen) atoms. The van der Waals surface area contributed by atoms with Gasteiger partial charge in [0.2, 0.25) is 0 Å². The molecule has 0 aliphatic carbocycles. The molecular formula is C19H21N3O4S. The van der Waals surface area contributed by atoms with Gasteiger partial charge in [0, 0.05) is 18.8 Å². The molecule has 1 aliphatic heterocycles. The third-order valence-electron chi connectivity index (χ3n) is 4.25. The average molecular weight is 387 g/mol. The van der Waals surface area contributed by atoms with Crippen LogP contribution in [0.5, 0.6) is 0 Å². The highest BCUT2D eigenvalue weighted by Crippen LogP contribution is 2.22. The van der Waals surface area contributed by atoms with Crippen LogP contribution in [-0.2, 0) is 16.6 Å². The van der Waals surface area contributed by atoms with E-state index < -0.39 is 10.2 Å². The number of carbonyl (C=O) groups excluding carboxylic acids is 2. The van der Waals surface area contributed by atoms with Crippen LogP contribution in [0.3, 0.4) is 0 Å². The van der Waals surface area contributed by atoms with Crippen LogP contribution in [0, 0.1) is 0 Å². The summed E-state index contributed by atoms with van der Waals surface area (Å²) in [6, 6.07) is 13.6. The zero-order valence-electron chi connectivity index (χ0n) is 14.9. The van der Waals surface area contributed by atoms with Crippen molar-refractivity contribution < 1.29 is 18.0 Å². The van der Waals surface area contributed by atoms with Crippen molar-refractivity contribution in [1.29, 1.82) is 0 Å². The van der Waals surface area contributed by atoms with Gasteiger partial charge in [-0.25, -0.2) is 0 Å². The maximum Gasteiger partial charge on any atom is 0.299 e. The maximum atomic E-state index is 12.3. The normalized spacial score (nSPS) is 13.7. The Morgan fingerprint density at radius 1 is 0.926 bits per heavy atom. The van der Waals surface area contributed by atoms with Gasteiger partial charge in [-0.2, -0.15) is 13.1 Å². The number of imide groups is 1. The van der Waals surface area contributed by atoms with Crippen molar-refractivity contribution in [2.24, 2.45) is 0 Å². The SMILES string of the molecule is CCCNS(=O)(=O)Nc1ccc(CCN2C(=O)c3ccccc3C2=O)cc1. The molecule has 0 fully saturated rings. The quantitative estimate of drug-likeness (QED) is 0.679. The van der Waals surface area contributed by atoms with E-state index in [9.17, 15) is 18.0 Å². The lowest BCUT2D eigenvalue weighted by atomic mass is 10.1. The van der Waals surface area contributed by atoms with Gasteiger partial charge in [0.05, 0.1) is 11.1 Å². The van der Waals surface area contributed by atoms with E-state index in [4.69, 9.17) is 0 Å². The lowest BCUT2D eigenvalue weighted by molar-refractivity contribution is 0.0656. The Kier molecular flexibility index (Phi) is 5.57. The summed E-state index contributed by atoms with van der Waals surface area (Å²) in [7, 11) is -3.58. The second kappa shape index (κ2) is 7.89. The van der Waals surface area contributed by atoms with Gasteiger partial charge in [0.25, 0.3) is 22.0 Å². The number of amides is 2. The summed E-state index contributed by atoms with van der Waals surface area (Å²) in [6.07, 6.45) is 1.20. The Morgan fingerprint density at radius 2 is 1.52 bits per heavy atom. The second-order valence-electron chi connectivity index (χ2n) is 6.25. The molecule has 0 saturated heterocycles. The fourth-order valence-corrected chi connectivity index (χ4v) is 3.84. The first-order valence-corrected chi connectivity index (χ1v) is 10.2. The largest absolute Gasteiger partial charge is 0.299 e. The monoisotopic (exact) mass is 387 g/mol. The lowest BCUT2D eigenvalue weighted by Gasteiger charge is -2.14. The molecule has 2 aromatic carbocycles. The third kappa shape index (κ3) is 4.35. The van der Waals surface area contributed by atoms with E-state index in [0.29, 0.717) is 36.2 Å². The van der Waals surface area contributed by atoms with Crippen molar-refractivity contribution in [3.63, 3.8) is 0 Å². The summed E-state index contributed by atoms with van der Waals surface area (Å²) in [5.74, 6) is -0.552. The molecule has 0 bridgehead atoms. The van der Waals surface area contributed by atoms with Crippen molar-refractivity contribution in [3.05, 3.63) is 65.2 Å². The number of hydrogen-bond donors (Lipinski definition) is 2. The van der Waals surface area contributed by atoms with Crippen molar-refractivity contribution in [1.82, 2.24) is 9.62 Å².